The first-order valence-corrected chi connectivity index (χ1v) is 6.89. The molecule has 2 N–H and O–H groups in total. The Bertz CT molecular complexity index is 422. The quantitative estimate of drug-likeness (QED) is 0.676. The van der Waals surface area contributed by atoms with Crippen molar-refractivity contribution in [2.45, 2.75) is 26.3 Å². The van der Waals surface area contributed by atoms with Crippen molar-refractivity contribution in [2.75, 3.05) is 27.3 Å². The molecule has 0 aromatic heterocycles. The molecule has 1 amide bonds. The first-order valence-electron chi connectivity index (χ1n) is 6.89. The zero-order valence-electron chi connectivity index (χ0n) is 12.5. The molecule has 0 aliphatic rings. The number of carbonyl (C=O) groups is 1. The summed E-state index contributed by atoms with van der Waals surface area (Å²) in [4.78, 5) is 11.7. The zero-order valence-corrected chi connectivity index (χ0v) is 12.5. The van der Waals surface area contributed by atoms with Gasteiger partial charge in [-0.15, -0.1) is 0 Å². The van der Waals surface area contributed by atoms with Crippen LogP contribution < -0.4 is 20.1 Å². The van der Waals surface area contributed by atoms with Crippen LogP contribution in [0, 0.1) is 0 Å². The summed E-state index contributed by atoms with van der Waals surface area (Å²) in [6.45, 7) is 4.26. The molecule has 0 bridgehead atoms. The number of methoxy groups -OCH3 is 2. The minimum Gasteiger partial charge on any atom is -0.493 e. The van der Waals surface area contributed by atoms with Gasteiger partial charge in [-0.3, -0.25) is 4.79 Å². The highest BCUT2D eigenvalue weighted by Crippen LogP contribution is 2.27. The fourth-order valence-corrected chi connectivity index (χ4v) is 1.78. The first-order chi connectivity index (χ1) is 9.71. The minimum atomic E-state index is 0.0448. The Labute approximate surface area is 120 Å². The molecular weight excluding hydrogens is 256 g/mol. The van der Waals surface area contributed by atoms with Gasteiger partial charge in [0.25, 0.3) is 0 Å². The molecule has 5 nitrogen and oxygen atoms in total. The van der Waals surface area contributed by atoms with Crippen molar-refractivity contribution in [3.05, 3.63) is 23.8 Å². The third-order valence-corrected chi connectivity index (χ3v) is 2.89. The minimum absolute atomic E-state index is 0.0448. The topological polar surface area (TPSA) is 59.6 Å². The van der Waals surface area contributed by atoms with Gasteiger partial charge in [0, 0.05) is 19.5 Å². The number of ether oxygens (including phenoxy) is 2. The second-order valence-corrected chi connectivity index (χ2v) is 4.47. The molecule has 0 saturated carbocycles. The van der Waals surface area contributed by atoms with Gasteiger partial charge in [-0.1, -0.05) is 13.0 Å². The van der Waals surface area contributed by atoms with Crippen LogP contribution in [-0.2, 0) is 11.3 Å². The van der Waals surface area contributed by atoms with Crippen LogP contribution >= 0.6 is 0 Å². The van der Waals surface area contributed by atoms with Crippen LogP contribution in [0.1, 0.15) is 25.3 Å². The zero-order chi connectivity index (χ0) is 14.8. The Morgan fingerprint density at radius 3 is 2.55 bits per heavy atom. The average molecular weight is 280 g/mol. The largest absolute Gasteiger partial charge is 0.493 e. The highest BCUT2D eigenvalue weighted by molar-refractivity contribution is 5.76. The van der Waals surface area contributed by atoms with E-state index in [1.165, 1.54) is 0 Å². The molecule has 0 spiro atoms. The van der Waals surface area contributed by atoms with Crippen molar-refractivity contribution in [3.63, 3.8) is 0 Å². The molecule has 0 heterocycles. The van der Waals surface area contributed by atoms with Crippen molar-refractivity contribution in [3.8, 4) is 11.5 Å². The van der Waals surface area contributed by atoms with Gasteiger partial charge >= 0.3 is 0 Å². The Balaban J connectivity index is 2.39. The molecule has 0 radical (unpaired) electrons. The standard InChI is InChI=1S/C15H24N2O3/c1-4-8-16-9-7-15(18)17-11-12-5-6-13(19-2)14(10-12)20-3/h5-6,10,16H,4,7-9,11H2,1-3H3,(H,17,18). The van der Waals surface area contributed by atoms with Crippen molar-refractivity contribution < 1.29 is 14.3 Å². The summed E-state index contributed by atoms with van der Waals surface area (Å²) < 4.78 is 10.4. The molecule has 0 aliphatic carbocycles. The average Bonchev–Trinajstić information content (AvgIpc) is 2.49. The number of hydrogen-bond donors (Lipinski definition) is 2. The number of benzene rings is 1. The van der Waals surface area contributed by atoms with E-state index >= 15 is 0 Å². The molecule has 20 heavy (non-hydrogen) atoms. The predicted octanol–water partition coefficient (Wildman–Crippen LogP) is 1.71. The van der Waals surface area contributed by atoms with Gasteiger partial charge in [-0.2, -0.15) is 0 Å². The third-order valence-electron chi connectivity index (χ3n) is 2.89. The Hall–Kier alpha value is -1.75. The third kappa shape index (κ3) is 5.48. The molecule has 1 aromatic rings. The summed E-state index contributed by atoms with van der Waals surface area (Å²) in [5.41, 5.74) is 0.984. The molecule has 1 aromatic carbocycles. The van der Waals surface area contributed by atoms with E-state index in [0.717, 1.165) is 18.5 Å². The Morgan fingerprint density at radius 1 is 1.15 bits per heavy atom. The van der Waals surface area contributed by atoms with Crippen LogP contribution in [0.15, 0.2) is 18.2 Å². The number of carbonyl (C=O) groups excluding carboxylic acids is 1. The molecule has 0 atom stereocenters. The Morgan fingerprint density at radius 2 is 1.90 bits per heavy atom. The summed E-state index contributed by atoms with van der Waals surface area (Å²) >= 11 is 0. The number of nitrogens with one attached hydrogen (secondary N) is 2. The lowest BCUT2D eigenvalue weighted by molar-refractivity contribution is -0.121. The summed E-state index contributed by atoms with van der Waals surface area (Å²) in [7, 11) is 3.20. The highest BCUT2D eigenvalue weighted by Gasteiger charge is 2.06. The molecule has 0 aliphatic heterocycles. The van der Waals surface area contributed by atoms with Gasteiger partial charge in [-0.25, -0.2) is 0 Å². The van der Waals surface area contributed by atoms with E-state index in [1.807, 2.05) is 18.2 Å². The summed E-state index contributed by atoms with van der Waals surface area (Å²) in [5.74, 6) is 1.40. The van der Waals surface area contributed by atoms with E-state index in [0.29, 0.717) is 31.0 Å². The highest BCUT2D eigenvalue weighted by atomic mass is 16.5. The maximum Gasteiger partial charge on any atom is 0.221 e. The summed E-state index contributed by atoms with van der Waals surface area (Å²) in [6, 6.07) is 5.62. The van der Waals surface area contributed by atoms with E-state index in [4.69, 9.17) is 9.47 Å². The second kappa shape index (κ2) is 9.20. The fraction of sp³-hybridized carbons (Fsp3) is 0.533. The molecular formula is C15H24N2O3. The van der Waals surface area contributed by atoms with Crippen LogP contribution in [0.3, 0.4) is 0 Å². The maximum atomic E-state index is 11.7. The lowest BCUT2D eigenvalue weighted by Gasteiger charge is -2.10. The summed E-state index contributed by atoms with van der Waals surface area (Å²) in [6.07, 6.45) is 1.57. The van der Waals surface area contributed by atoms with Crippen LogP contribution in [-0.4, -0.2) is 33.2 Å². The normalized spacial score (nSPS) is 10.2. The maximum absolute atomic E-state index is 11.7. The van der Waals surface area contributed by atoms with Crippen LogP contribution in [0.2, 0.25) is 0 Å². The van der Waals surface area contributed by atoms with Crippen molar-refractivity contribution in [1.82, 2.24) is 10.6 Å². The molecule has 112 valence electrons. The molecule has 1 rings (SSSR count). The van der Waals surface area contributed by atoms with Crippen molar-refractivity contribution in [1.29, 1.82) is 0 Å². The van der Waals surface area contributed by atoms with Gasteiger partial charge in [0.15, 0.2) is 11.5 Å². The Kier molecular flexibility index (Phi) is 7.50. The van der Waals surface area contributed by atoms with E-state index in [2.05, 4.69) is 17.6 Å². The number of rotatable bonds is 9. The molecule has 5 heteroatoms. The number of hydrogen-bond acceptors (Lipinski definition) is 4. The van der Waals surface area contributed by atoms with Crippen LogP contribution in [0.4, 0.5) is 0 Å². The summed E-state index contributed by atoms with van der Waals surface area (Å²) in [5, 5.41) is 6.09. The SMILES string of the molecule is CCCNCCC(=O)NCc1ccc(OC)c(OC)c1. The number of amides is 1. The van der Waals surface area contributed by atoms with E-state index in [9.17, 15) is 4.79 Å². The molecule has 0 saturated heterocycles. The van der Waals surface area contributed by atoms with Gasteiger partial charge in [0.05, 0.1) is 14.2 Å². The first kappa shape index (κ1) is 16.3. The van der Waals surface area contributed by atoms with Crippen molar-refractivity contribution >= 4 is 5.91 Å². The van der Waals surface area contributed by atoms with Gasteiger partial charge in [0.2, 0.25) is 5.91 Å². The lowest BCUT2D eigenvalue weighted by atomic mass is 10.2. The lowest BCUT2D eigenvalue weighted by Crippen LogP contribution is -2.27. The van der Waals surface area contributed by atoms with Gasteiger partial charge in [-0.05, 0) is 30.7 Å². The van der Waals surface area contributed by atoms with Gasteiger partial charge < -0.3 is 20.1 Å². The smallest absolute Gasteiger partial charge is 0.221 e. The van der Waals surface area contributed by atoms with Gasteiger partial charge in [0.1, 0.15) is 0 Å². The van der Waals surface area contributed by atoms with E-state index < -0.39 is 0 Å². The fourth-order valence-electron chi connectivity index (χ4n) is 1.78. The molecule has 0 unspecified atom stereocenters. The van der Waals surface area contributed by atoms with Crippen LogP contribution in [0.5, 0.6) is 11.5 Å². The van der Waals surface area contributed by atoms with Crippen molar-refractivity contribution in [2.24, 2.45) is 0 Å². The van der Waals surface area contributed by atoms with E-state index in [1.54, 1.807) is 14.2 Å². The van der Waals surface area contributed by atoms with E-state index in [-0.39, 0.29) is 5.91 Å². The predicted molar refractivity (Wildman–Crippen MR) is 79.2 cm³/mol. The second-order valence-electron chi connectivity index (χ2n) is 4.47. The van der Waals surface area contributed by atoms with Crippen LogP contribution in [0.25, 0.3) is 0 Å². The molecule has 0 fully saturated rings. The monoisotopic (exact) mass is 280 g/mol.